The number of hydrogen-bond donors (Lipinski definition) is 1. The summed E-state index contributed by atoms with van der Waals surface area (Å²) in [5.41, 5.74) is 1.03. The summed E-state index contributed by atoms with van der Waals surface area (Å²) in [4.78, 5) is 12.8. The average molecular weight is 406 g/mol. The maximum absolute atomic E-state index is 13.2. The number of amides is 1. The number of nitrogens with zero attached hydrogens (tertiary/aromatic N) is 2. The molecule has 2 aromatic rings. The largest absolute Gasteiger partial charge is 0.356 e. The second-order valence-corrected chi connectivity index (χ2v) is 9.94. The number of fused-ring (bicyclic) bond motifs is 1. The lowest BCUT2D eigenvalue weighted by Gasteiger charge is -2.31. The first-order valence-corrected chi connectivity index (χ1v) is 11.6. The van der Waals surface area contributed by atoms with Crippen LogP contribution >= 0.6 is 0 Å². The first-order chi connectivity index (χ1) is 13.3. The molecule has 6 nitrogen and oxygen atoms in total. The molecule has 1 fully saturated rings. The van der Waals surface area contributed by atoms with E-state index in [1.807, 2.05) is 18.3 Å². The highest BCUT2D eigenvalue weighted by atomic mass is 32.2. The number of aromatic nitrogens is 1. The normalized spacial score (nSPS) is 18.6. The molecule has 0 aliphatic carbocycles. The fraction of sp³-hybridized carbons (Fsp3) is 0.571. The molecule has 1 aromatic carbocycles. The number of sulfonamides is 1. The van der Waals surface area contributed by atoms with Crippen molar-refractivity contribution >= 4 is 26.8 Å². The first kappa shape index (κ1) is 20.9. The number of piperidine rings is 1. The first-order valence-electron chi connectivity index (χ1n) is 10.2. The summed E-state index contributed by atoms with van der Waals surface area (Å²) < 4.78 is 29.9. The predicted octanol–water partition coefficient (Wildman–Crippen LogP) is 3.22. The quantitative estimate of drug-likeness (QED) is 0.769. The Morgan fingerprint density at radius 2 is 2.07 bits per heavy atom. The summed E-state index contributed by atoms with van der Waals surface area (Å²) in [6.07, 6.45) is 4.34. The minimum Gasteiger partial charge on any atom is -0.356 e. The monoisotopic (exact) mass is 405 g/mol. The Bertz CT molecular complexity index is 934. The number of rotatable bonds is 7. The Kier molecular flexibility index (Phi) is 6.45. The van der Waals surface area contributed by atoms with Gasteiger partial charge in [-0.05, 0) is 56.4 Å². The van der Waals surface area contributed by atoms with Gasteiger partial charge in [-0.2, -0.15) is 4.31 Å². The zero-order chi connectivity index (χ0) is 20.3. The van der Waals surface area contributed by atoms with E-state index in [9.17, 15) is 13.2 Å². The minimum absolute atomic E-state index is 0.0315. The maximum atomic E-state index is 13.2. The van der Waals surface area contributed by atoms with Gasteiger partial charge in [-0.1, -0.05) is 13.8 Å². The molecule has 1 saturated heterocycles. The molecular formula is C21H31N3O3S. The molecule has 0 spiro atoms. The molecule has 1 aliphatic heterocycles. The molecule has 1 amide bonds. The number of carbonyl (C=O) groups excluding carboxylic acids is 1. The van der Waals surface area contributed by atoms with Gasteiger partial charge in [0.2, 0.25) is 15.9 Å². The van der Waals surface area contributed by atoms with Crippen LogP contribution in [0, 0.1) is 11.8 Å². The molecule has 1 unspecified atom stereocenters. The van der Waals surface area contributed by atoms with E-state index in [4.69, 9.17) is 0 Å². The third-order valence-corrected chi connectivity index (χ3v) is 7.36. The van der Waals surface area contributed by atoms with Gasteiger partial charge >= 0.3 is 0 Å². The van der Waals surface area contributed by atoms with Gasteiger partial charge in [0.15, 0.2) is 0 Å². The van der Waals surface area contributed by atoms with Gasteiger partial charge < -0.3 is 9.88 Å². The number of aryl methyl sites for hydroxylation is 1. The Morgan fingerprint density at radius 3 is 2.79 bits per heavy atom. The predicted molar refractivity (Wildman–Crippen MR) is 112 cm³/mol. The van der Waals surface area contributed by atoms with Gasteiger partial charge in [-0.15, -0.1) is 0 Å². The van der Waals surface area contributed by atoms with Crippen LogP contribution in [0.1, 0.15) is 40.0 Å². The Balaban J connectivity index is 1.73. The number of carbonyl (C=O) groups is 1. The lowest BCUT2D eigenvalue weighted by atomic mass is 9.98. The van der Waals surface area contributed by atoms with E-state index in [1.165, 1.54) is 4.31 Å². The van der Waals surface area contributed by atoms with Gasteiger partial charge in [0.05, 0.1) is 10.8 Å². The summed E-state index contributed by atoms with van der Waals surface area (Å²) >= 11 is 0. The lowest BCUT2D eigenvalue weighted by Crippen LogP contribution is -2.45. The van der Waals surface area contributed by atoms with E-state index in [-0.39, 0.29) is 18.4 Å². The molecule has 28 heavy (non-hydrogen) atoms. The van der Waals surface area contributed by atoms with Crippen LogP contribution < -0.4 is 5.32 Å². The third-order valence-electron chi connectivity index (χ3n) is 5.50. The van der Waals surface area contributed by atoms with Crippen LogP contribution in [0.2, 0.25) is 0 Å². The Labute approximate surface area is 168 Å². The lowest BCUT2D eigenvalue weighted by molar-refractivity contribution is -0.126. The molecule has 7 heteroatoms. The van der Waals surface area contributed by atoms with Crippen molar-refractivity contribution in [2.45, 2.75) is 51.5 Å². The number of nitrogens with one attached hydrogen (secondary N) is 1. The SMILES string of the molecule is CCn1ccc2cc(S(=O)(=O)N3CCCC(C(=O)NCCC(C)C)C3)ccc21. The summed E-state index contributed by atoms with van der Waals surface area (Å²) in [5, 5.41) is 3.89. The van der Waals surface area contributed by atoms with Crippen molar-refractivity contribution in [1.29, 1.82) is 0 Å². The van der Waals surface area contributed by atoms with Crippen molar-refractivity contribution in [3.05, 3.63) is 30.5 Å². The van der Waals surface area contributed by atoms with Crippen LogP contribution in [-0.4, -0.2) is 42.8 Å². The van der Waals surface area contributed by atoms with Crippen molar-refractivity contribution in [2.24, 2.45) is 11.8 Å². The van der Waals surface area contributed by atoms with E-state index < -0.39 is 10.0 Å². The molecular weight excluding hydrogens is 374 g/mol. The molecule has 0 bridgehead atoms. The standard InChI is InChI=1S/C21H31N3O3S/c1-4-23-13-10-17-14-19(7-8-20(17)23)28(26,27)24-12-5-6-18(15-24)21(25)22-11-9-16(2)3/h7-8,10,13-14,16,18H,4-6,9,11-12,15H2,1-3H3,(H,22,25). The smallest absolute Gasteiger partial charge is 0.243 e. The van der Waals surface area contributed by atoms with Crippen LogP contribution in [-0.2, 0) is 21.4 Å². The van der Waals surface area contributed by atoms with Crippen molar-refractivity contribution in [3.8, 4) is 0 Å². The molecule has 1 N–H and O–H groups in total. The minimum atomic E-state index is -3.61. The second-order valence-electron chi connectivity index (χ2n) is 8.00. The van der Waals surface area contributed by atoms with Crippen LogP contribution in [0.25, 0.3) is 10.9 Å². The zero-order valence-electron chi connectivity index (χ0n) is 17.0. The van der Waals surface area contributed by atoms with Crippen molar-refractivity contribution < 1.29 is 13.2 Å². The van der Waals surface area contributed by atoms with Crippen molar-refractivity contribution in [2.75, 3.05) is 19.6 Å². The average Bonchev–Trinajstić information content (AvgIpc) is 3.10. The summed E-state index contributed by atoms with van der Waals surface area (Å²) in [6.45, 7) is 8.50. The van der Waals surface area contributed by atoms with E-state index in [0.29, 0.717) is 30.3 Å². The highest BCUT2D eigenvalue weighted by Crippen LogP contribution is 2.27. The van der Waals surface area contributed by atoms with E-state index >= 15 is 0 Å². The van der Waals surface area contributed by atoms with Crippen LogP contribution in [0.5, 0.6) is 0 Å². The van der Waals surface area contributed by atoms with Gasteiger partial charge in [0.1, 0.15) is 0 Å². The fourth-order valence-electron chi connectivity index (χ4n) is 3.77. The van der Waals surface area contributed by atoms with E-state index in [1.54, 1.807) is 12.1 Å². The Morgan fingerprint density at radius 1 is 1.29 bits per heavy atom. The molecule has 0 radical (unpaired) electrons. The van der Waals surface area contributed by atoms with Gasteiger partial charge in [0, 0.05) is 43.3 Å². The van der Waals surface area contributed by atoms with Crippen LogP contribution in [0.4, 0.5) is 0 Å². The van der Waals surface area contributed by atoms with Crippen molar-refractivity contribution in [1.82, 2.24) is 14.2 Å². The van der Waals surface area contributed by atoms with Crippen molar-refractivity contribution in [3.63, 3.8) is 0 Å². The Hall–Kier alpha value is -1.86. The number of hydrogen-bond acceptors (Lipinski definition) is 3. The molecule has 154 valence electrons. The fourth-order valence-corrected chi connectivity index (χ4v) is 5.33. The van der Waals surface area contributed by atoms with Gasteiger partial charge in [0.25, 0.3) is 0 Å². The third kappa shape index (κ3) is 4.41. The topological polar surface area (TPSA) is 71.4 Å². The molecule has 1 aliphatic rings. The van der Waals surface area contributed by atoms with Gasteiger partial charge in [-0.3, -0.25) is 4.79 Å². The molecule has 1 atom stereocenters. The molecule has 2 heterocycles. The number of benzene rings is 1. The summed E-state index contributed by atoms with van der Waals surface area (Å²) in [5.74, 6) is 0.220. The molecule has 3 rings (SSSR count). The zero-order valence-corrected chi connectivity index (χ0v) is 17.8. The van der Waals surface area contributed by atoms with E-state index in [0.717, 1.165) is 30.3 Å². The highest BCUT2D eigenvalue weighted by molar-refractivity contribution is 7.89. The van der Waals surface area contributed by atoms with Crippen LogP contribution in [0.3, 0.4) is 0 Å². The van der Waals surface area contributed by atoms with E-state index in [2.05, 4.69) is 30.7 Å². The molecule has 1 aromatic heterocycles. The second kappa shape index (κ2) is 8.66. The van der Waals surface area contributed by atoms with Crippen LogP contribution in [0.15, 0.2) is 35.4 Å². The summed E-state index contributed by atoms with van der Waals surface area (Å²) in [7, 11) is -3.61. The van der Waals surface area contributed by atoms with Gasteiger partial charge in [-0.25, -0.2) is 8.42 Å². The maximum Gasteiger partial charge on any atom is 0.243 e. The molecule has 0 saturated carbocycles. The summed E-state index contributed by atoms with van der Waals surface area (Å²) in [6, 6.07) is 7.23. The highest BCUT2D eigenvalue weighted by Gasteiger charge is 2.33.